The number of nitrogens with zero attached hydrogens (tertiary/aromatic N) is 1. The molecule has 1 atom stereocenters. The topological polar surface area (TPSA) is 40.5 Å². The molecule has 1 unspecified atom stereocenters. The van der Waals surface area contributed by atoms with Crippen molar-refractivity contribution in [2.75, 3.05) is 13.2 Å². The van der Waals surface area contributed by atoms with Crippen molar-refractivity contribution in [1.82, 2.24) is 4.90 Å². The van der Waals surface area contributed by atoms with Crippen LogP contribution in [0.3, 0.4) is 0 Å². The van der Waals surface area contributed by atoms with Crippen molar-refractivity contribution in [2.24, 2.45) is 5.92 Å². The molecule has 1 amide bonds. The molecule has 0 bridgehead atoms. The highest BCUT2D eigenvalue weighted by atomic mass is 16.3. The van der Waals surface area contributed by atoms with Gasteiger partial charge < -0.3 is 10.0 Å². The summed E-state index contributed by atoms with van der Waals surface area (Å²) in [5, 5.41) is 9.21. The van der Waals surface area contributed by atoms with Crippen molar-refractivity contribution in [3.63, 3.8) is 0 Å². The molecule has 2 rings (SSSR count). The molecule has 3 heteroatoms. The first-order chi connectivity index (χ1) is 8.83. The van der Waals surface area contributed by atoms with Gasteiger partial charge in [0.05, 0.1) is 6.61 Å². The number of carbonyl (C=O) groups excluding carboxylic acids is 1. The van der Waals surface area contributed by atoms with Crippen LogP contribution in [0.25, 0.3) is 0 Å². The molecule has 0 aliphatic heterocycles. The Labute approximate surface area is 110 Å². The number of carbonyl (C=O) groups is 1. The number of rotatable bonds is 4. The Bertz CT molecular complexity index is 295. The van der Waals surface area contributed by atoms with Crippen molar-refractivity contribution < 1.29 is 9.90 Å². The summed E-state index contributed by atoms with van der Waals surface area (Å²) in [4.78, 5) is 14.5. The van der Waals surface area contributed by atoms with E-state index in [-0.39, 0.29) is 18.4 Å². The van der Waals surface area contributed by atoms with E-state index in [1.165, 1.54) is 19.3 Å². The van der Waals surface area contributed by atoms with E-state index < -0.39 is 0 Å². The summed E-state index contributed by atoms with van der Waals surface area (Å²) in [6.45, 7) is 0.606. The molecule has 1 saturated carbocycles. The van der Waals surface area contributed by atoms with Gasteiger partial charge in [-0.2, -0.15) is 0 Å². The van der Waals surface area contributed by atoms with Crippen LogP contribution in [-0.4, -0.2) is 35.1 Å². The van der Waals surface area contributed by atoms with Gasteiger partial charge in [0, 0.05) is 18.5 Å². The molecule has 0 radical (unpaired) electrons. The Kier molecular flexibility index (Phi) is 5.24. The quantitative estimate of drug-likeness (QED) is 0.780. The molecule has 1 fully saturated rings. The van der Waals surface area contributed by atoms with Crippen LogP contribution < -0.4 is 0 Å². The smallest absolute Gasteiger partial charge is 0.226 e. The first-order valence-corrected chi connectivity index (χ1v) is 7.39. The molecule has 0 aromatic rings. The Hall–Kier alpha value is -0.830. The molecule has 102 valence electrons. The summed E-state index contributed by atoms with van der Waals surface area (Å²) in [5.41, 5.74) is 0. The molecule has 2 aliphatic carbocycles. The summed E-state index contributed by atoms with van der Waals surface area (Å²) in [6.07, 6.45) is 13.2. The van der Waals surface area contributed by atoms with E-state index in [9.17, 15) is 9.90 Å². The van der Waals surface area contributed by atoms with Crippen LogP contribution in [0.2, 0.25) is 0 Å². The highest BCUT2D eigenvalue weighted by molar-refractivity contribution is 5.79. The number of allylic oxidation sites excluding steroid dienone is 2. The lowest BCUT2D eigenvalue weighted by molar-refractivity contribution is -0.139. The average molecular weight is 251 g/mol. The summed E-state index contributed by atoms with van der Waals surface area (Å²) >= 11 is 0. The molecule has 0 aromatic heterocycles. The van der Waals surface area contributed by atoms with Crippen LogP contribution in [0.15, 0.2) is 12.2 Å². The fraction of sp³-hybridized carbons (Fsp3) is 0.800. The van der Waals surface area contributed by atoms with Gasteiger partial charge in [0.2, 0.25) is 5.91 Å². The van der Waals surface area contributed by atoms with Gasteiger partial charge in [0.15, 0.2) is 0 Å². The Morgan fingerprint density at radius 1 is 1.17 bits per heavy atom. The zero-order chi connectivity index (χ0) is 12.8. The Balaban J connectivity index is 1.98. The van der Waals surface area contributed by atoms with E-state index in [2.05, 4.69) is 12.2 Å². The highest BCUT2D eigenvalue weighted by Gasteiger charge is 2.29. The number of hydrogen-bond donors (Lipinski definition) is 1. The van der Waals surface area contributed by atoms with Crippen LogP contribution in [0.4, 0.5) is 0 Å². The summed E-state index contributed by atoms with van der Waals surface area (Å²) in [5.74, 6) is 0.434. The first-order valence-electron chi connectivity index (χ1n) is 7.39. The second-order valence-electron chi connectivity index (χ2n) is 5.53. The maximum Gasteiger partial charge on any atom is 0.226 e. The molecule has 2 aliphatic rings. The van der Waals surface area contributed by atoms with Gasteiger partial charge in [0.1, 0.15) is 0 Å². The maximum atomic E-state index is 12.6. The number of amides is 1. The third-order valence-electron chi connectivity index (χ3n) is 4.26. The van der Waals surface area contributed by atoms with E-state index >= 15 is 0 Å². The van der Waals surface area contributed by atoms with Crippen molar-refractivity contribution in [3.8, 4) is 0 Å². The predicted molar refractivity (Wildman–Crippen MR) is 72.2 cm³/mol. The molecule has 0 spiro atoms. The summed E-state index contributed by atoms with van der Waals surface area (Å²) in [7, 11) is 0. The lowest BCUT2D eigenvalue weighted by Crippen LogP contribution is -2.46. The normalized spacial score (nSPS) is 25.1. The van der Waals surface area contributed by atoms with Crippen LogP contribution in [0.5, 0.6) is 0 Å². The second kappa shape index (κ2) is 6.93. The van der Waals surface area contributed by atoms with E-state index in [0.717, 1.165) is 32.1 Å². The van der Waals surface area contributed by atoms with Crippen LogP contribution in [0, 0.1) is 5.92 Å². The summed E-state index contributed by atoms with van der Waals surface area (Å²) in [6, 6.07) is 0.379. The maximum absolute atomic E-state index is 12.6. The van der Waals surface area contributed by atoms with Crippen molar-refractivity contribution in [3.05, 3.63) is 12.2 Å². The third kappa shape index (κ3) is 3.35. The number of aliphatic hydroxyl groups excluding tert-OH is 1. The third-order valence-corrected chi connectivity index (χ3v) is 4.26. The standard InChI is InChI=1S/C15H25NO2/c17-12-11-16(14-9-5-2-6-10-14)15(18)13-7-3-1-4-8-13/h1,3,13-14,17H,2,4-12H2. The molecule has 0 saturated heterocycles. The molecule has 18 heavy (non-hydrogen) atoms. The first kappa shape index (κ1) is 13.6. The van der Waals surface area contributed by atoms with Crippen LogP contribution >= 0.6 is 0 Å². The van der Waals surface area contributed by atoms with Crippen molar-refractivity contribution in [2.45, 2.75) is 57.4 Å². The lowest BCUT2D eigenvalue weighted by atomic mass is 9.89. The minimum atomic E-state index is 0.0881. The second-order valence-corrected chi connectivity index (χ2v) is 5.53. The summed E-state index contributed by atoms with van der Waals surface area (Å²) < 4.78 is 0. The van der Waals surface area contributed by atoms with Crippen molar-refractivity contribution in [1.29, 1.82) is 0 Å². The molecule has 1 N–H and O–H groups in total. The fourth-order valence-corrected chi connectivity index (χ4v) is 3.23. The molecule has 3 nitrogen and oxygen atoms in total. The monoisotopic (exact) mass is 251 g/mol. The van der Waals surface area contributed by atoms with Gasteiger partial charge in [-0.25, -0.2) is 0 Å². The highest BCUT2D eigenvalue weighted by Crippen LogP contribution is 2.27. The van der Waals surface area contributed by atoms with Crippen LogP contribution in [0.1, 0.15) is 51.4 Å². The van der Waals surface area contributed by atoms with E-state index in [1.54, 1.807) is 0 Å². The Morgan fingerprint density at radius 3 is 2.56 bits per heavy atom. The lowest BCUT2D eigenvalue weighted by Gasteiger charge is -2.36. The van der Waals surface area contributed by atoms with Gasteiger partial charge in [-0.3, -0.25) is 4.79 Å². The zero-order valence-corrected chi connectivity index (χ0v) is 11.2. The minimum absolute atomic E-state index is 0.0881. The van der Waals surface area contributed by atoms with Gasteiger partial charge in [0.25, 0.3) is 0 Å². The van der Waals surface area contributed by atoms with E-state index in [1.807, 2.05) is 4.90 Å². The van der Waals surface area contributed by atoms with Gasteiger partial charge in [-0.15, -0.1) is 0 Å². The van der Waals surface area contributed by atoms with Crippen molar-refractivity contribution >= 4 is 5.91 Å². The van der Waals surface area contributed by atoms with Gasteiger partial charge in [-0.05, 0) is 32.1 Å². The van der Waals surface area contributed by atoms with Crippen LogP contribution in [-0.2, 0) is 4.79 Å². The molecule has 0 heterocycles. The molecular weight excluding hydrogens is 226 g/mol. The minimum Gasteiger partial charge on any atom is -0.395 e. The van der Waals surface area contributed by atoms with Gasteiger partial charge >= 0.3 is 0 Å². The predicted octanol–water partition coefficient (Wildman–Crippen LogP) is 2.50. The largest absolute Gasteiger partial charge is 0.395 e. The number of aliphatic hydroxyl groups is 1. The molecule has 0 aromatic carbocycles. The zero-order valence-electron chi connectivity index (χ0n) is 11.2. The SMILES string of the molecule is O=C(C1CC=CCC1)N(CCO)C1CCCCC1. The fourth-order valence-electron chi connectivity index (χ4n) is 3.23. The van der Waals surface area contributed by atoms with E-state index in [0.29, 0.717) is 12.6 Å². The van der Waals surface area contributed by atoms with Gasteiger partial charge in [-0.1, -0.05) is 31.4 Å². The average Bonchev–Trinajstić information content (AvgIpc) is 2.46. The molecular formula is C15H25NO2. The number of hydrogen-bond acceptors (Lipinski definition) is 2. The van der Waals surface area contributed by atoms with E-state index in [4.69, 9.17) is 0 Å². The Morgan fingerprint density at radius 2 is 1.94 bits per heavy atom.